The lowest BCUT2D eigenvalue weighted by Gasteiger charge is -2.12. The van der Waals surface area contributed by atoms with Crippen LogP contribution in [0, 0.1) is 6.92 Å². The molecule has 0 spiro atoms. The van der Waals surface area contributed by atoms with Gasteiger partial charge in [0.1, 0.15) is 5.75 Å². The van der Waals surface area contributed by atoms with Crippen LogP contribution in [-0.2, 0) is 6.54 Å². The van der Waals surface area contributed by atoms with Gasteiger partial charge in [-0.2, -0.15) is 0 Å². The van der Waals surface area contributed by atoms with E-state index in [-0.39, 0.29) is 5.75 Å². The zero-order valence-corrected chi connectivity index (χ0v) is 9.27. The molecule has 3 N–H and O–H groups in total. The minimum Gasteiger partial charge on any atom is -0.508 e. The maximum Gasteiger partial charge on any atom is 0.116 e. The second kappa shape index (κ2) is 4.37. The Morgan fingerprint density at radius 3 is 2.44 bits per heavy atom. The van der Waals surface area contributed by atoms with E-state index in [0.29, 0.717) is 6.54 Å². The standard InChI is InChI=1S/C14H15NO/c1-10-7-13(16)8-12(9-15)14(10)11-5-3-2-4-6-11/h2-8,16H,9,15H2,1H3. The maximum absolute atomic E-state index is 9.54. The van der Waals surface area contributed by atoms with E-state index < -0.39 is 0 Å². The number of hydrogen-bond acceptors (Lipinski definition) is 2. The Hall–Kier alpha value is -1.80. The van der Waals surface area contributed by atoms with Gasteiger partial charge in [-0.25, -0.2) is 0 Å². The van der Waals surface area contributed by atoms with E-state index in [9.17, 15) is 5.11 Å². The molecular formula is C14H15NO. The molecule has 0 aliphatic rings. The van der Waals surface area contributed by atoms with Crippen LogP contribution in [-0.4, -0.2) is 5.11 Å². The van der Waals surface area contributed by atoms with Gasteiger partial charge < -0.3 is 10.8 Å². The van der Waals surface area contributed by atoms with Crippen molar-refractivity contribution in [2.75, 3.05) is 0 Å². The Bertz CT molecular complexity index is 492. The highest BCUT2D eigenvalue weighted by molar-refractivity contribution is 5.72. The maximum atomic E-state index is 9.54. The van der Waals surface area contributed by atoms with E-state index in [1.54, 1.807) is 12.1 Å². The number of benzene rings is 2. The Morgan fingerprint density at radius 1 is 1.12 bits per heavy atom. The molecule has 16 heavy (non-hydrogen) atoms. The molecule has 0 aliphatic carbocycles. The van der Waals surface area contributed by atoms with Gasteiger partial charge in [-0.1, -0.05) is 30.3 Å². The minimum absolute atomic E-state index is 0.276. The molecule has 0 fully saturated rings. The molecule has 0 saturated carbocycles. The molecule has 2 rings (SSSR count). The number of nitrogens with two attached hydrogens (primary N) is 1. The minimum atomic E-state index is 0.276. The molecule has 2 nitrogen and oxygen atoms in total. The van der Waals surface area contributed by atoms with Crippen LogP contribution in [0.2, 0.25) is 0 Å². The molecule has 0 saturated heterocycles. The highest BCUT2D eigenvalue weighted by atomic mass is 16.3. The molecule has 0 bridgehead atoms. The first-order chi connectivity index (χ1) is 7.72. The Balaban J connectivity index is 2.64. The summed E-state index contributed by atoms with van der Waals surface area (Å²) in [5.74, 6) is 0.276. The summed E-state index contributed by atoms with van der Waals surface area (Å²) in [5.41, 5.74) is 10.0. The average Bonchev–Trinajstić information content (AvgIpc) is 2.29. The summed E-state index contributed by atoms with van der Waals surface area (Å²) in [4.78, 5) is 0. The van der Waals surface area contributed by atoms with Crippen LogP contribution < -0.4 is 5.73 Å². The molecule has 0 unspecified atom stereocenters. The van der Waals surface area contributed by atoms with Crippen molar-refractivity contribution >= 4 is 0 Å². The summed E-state index contributed by atoms with van der Waals surface area (Å²) in [7, 11) is 0. The second-order valence-corrected chi connectivity index (χ2v) is 3.87. The first-order valence-corrected chi connectivity index (χ1v) is 5.30. The van der Waals surface area contributed by atoms with Crippen molar-refractivity contribution in [3.8, 4) is 16.9 Å². The van der Waals surface area contributed by atoms with Crippen LogP contribution in [0.3, 0.4) is 0 Å². The summed E-state index contributed by atoms with van der Waals surface area (Å²) in [5, 5.41) is 9.54. The van der Waals surface area contributed by atoms with Crippen LogP contribution in [0.15, 0.2) is 42.5 Å². The Kier molecular flexibility index (Phi) is 2.93. The van der Waals surface area contributed by atoms with Crippen molar-refractivity contribution in [1.29, 1.82) is 0 Å². The summed E-state index contributed by atoms with van der Waals surface area (Å²) >= 11 is 0. The number of aryl methyl sites for hydroxylation is 1. The highest BCUT2D eigenvalue weighted by Gasteiger charge is 2.08. The van der Waals surface area contributed by atoms with E-state index in [4.69, 9.17) is 5.73 Å². The first-order valence-electron chi connectivity index (χ1n) is 5.30. The lowest BCUT2D eigenvalue weighted by Crippen LogP contribution is -2.00. The van der Waals surface area contributed by atoms with Crippen LogP contribution in [0.1, 0.15) is 11.1 Å². The molecule has 82 valence electrons. The van der Waals surface area contributed by atoms with E-state index in [1.807, 2.05) is 25.1 Å². The lowest BCUT2D eigenvalue weighted by atomic mass is 9.95. The van der Waals surface area contributed by atoms with Crippen molar-refractivity contribution in [2.45, 2.75) is 13.5 Å². The molecule has 0 aliphatic heterocycles. The van der Waals surface area contributed by atoms with Crippen LogP contribution in [0.25, 0.3) is 11.1 Å². The fraction of sp³-hybridized carbons (Fsp3) is 0.143. The Morgan fingerprint density at radius 2 is 1.81 bits per heavy atom. The van der Waals surface area contributed by atoms with Crippen molar-refractivity contribution in [2.24, 2.45) is 5.73 Å². The fourth-order valence-electron chi connectivity index (χ4n) is 2.02. The molecule has 2 aromatic carbocycles. The van der Waals surface area contributed by atoms with Gasteiger partial charge >= 0.3 is 0 Å². The predicted octanol–water partition coefficient (Wildman–Crippen LogP) is 2.83. The smallest absolute Gasteiger partial charge is 0.116 e. The van der Waals surface area contributed by atoms with Crippen LogP contribution in [0.5, 0.6) is 5.75 Å². The van der Waals surface area contributed by atoms with Crippen molar-refractivity contribution in [3.63, 3.8) is 0 Å². The molecule has 0 atom stereocenters. The molecule has 2 heteroatoms. The van der Waals surface area contributed by atoms with Gasteiger partial charge in [-0.3, -0.25) is 0 Å². The number of rotatable bonds is 2. The molecular weight excluding hydrogens is 198 g/mol. The third kappa shape index (κ3) is 1.92. The van der Waals surface area contributed by atoms with Gasteiger partial charge in [0, 0.05) is 6.54 Å². The third-order valence-corrected chi connectivity index (χ3v) is 2.68. The topological polar surface area (TPSA) is 46.2 Å². The molecule has 0 aromatic heterocycles. The second-order valence-electron chi connectivity index (χ2n) is 3.87. The summed E-state index contributed by atoms with van der Waals surface area (Å²) in [6.45, 7) is 2.42. The van der Waals surface area contributed by atoms with Crippen LogP contribution >= 0.6 is 0 Å². The third-order valence-electron chi connectivity index (χ3n) is 2.68. The molecule has 2 aromatic rings. The fourth-order valence-corrected chi connectivity index (χ4v) is 2.02. The first kappa shape index (κ1) is 10.7. The van der Waals surface area contributed by atoms with E-state index in [1.165, 1.54) is 0 Å². The monoisotopic (exact) mass is 213 g/mol. The number of hydrogen-bond donors (Lipinski definition) is 2. The predicted molar refractivity (Wildman–Crippen MR) is 66.2 cm³/mol. The quantitative estimate of drug-likeness (QED) is 0.805. The average molecular weight is 213 g/mol. The van der Waals surface area contributed by atoms with E-state index in [2.05, 4.69) is 12.1 Å². The van der Waals surface area contributed by atoms with E-state index >= 15 is 0 Å². The number of phenols is 1. The van der Waals surface area contributed by atoms with Gasteiger partial charge in [0.05, 0.1) is 0 Å². The normalized spacial score (nSPS) is 10.4. The van der Waals surface area contributed by atoms with Gasteiger partial charge in [0.15, 0.2) is 0 Å². The largest absolute Gasteiger partial charge is 0.508 e. The molecule has 0 amide bonds. The van der Waals surface area contributed by atoms with Crippen molar-refractivity contribution < 1.29 is 5.11 Å². The van der Waals surface area contributed by atoms with Gasteiger partial charge in [-0.15, -0.1) is 0 Å². The summed E-state index contributed by atoms with van der Waals surface area (Å²) in [6.07, 6.45) is 0. The number of aromatic hydroxyl groups is 1. The molecule has 0 heterocycles. The van der Waals surface area contributed by atoms with Crippen molar-refractivity contribution in [1.82, 2.24) is 0 Å². The lowest BCUT2D eigenvalue weighted by molar-refractivity contribution is 0.474. The summed E-state index contributed by atoms with van der Waals surface area (Å²) in [6, 6.07) is 13.6. The Labute approximate surface area is 95.4 Å². The van der Waals surface area contributed by atoms with Gasteiger partial charge in [0.2, 0.25) is 0 Å². The zero-order valence-electron chi connectivity index (χ0n) is 9.27. The van der Waals surface area contributed by atoms with Crippen molar-refractivity contribution in [3.05, 3.63) is 53.6 Å². The SMILES string of the molecule is Cc1cc(O)cc(CN)c1-c1ccccc1. The van der Waals surface area contributed by atoms with Gasteiger partial charge in [-0.05, 0) is 41.3 Å². The molecule has 0 radical (unpaired) electrons. The number of phenolic OH excluding ortho intramolecular Hbond substituents is 1. The zero-order chi connectivity index (χ0) is 11.5. The van der Waals surface area contributed by atoms with Gasteiger partial charge in [0.25, 0.3) is 0 Å². The van der Waals surface area contributed by atoms with E-state index in [0.717, 1.165) is 22.3 Å². The highest BCUT2D eigenvalue weighted by Crippen LogP contribution is 2.30. The van der Waals surface area contributed by atoms with Crippen LogP contribution in [0.4, 0.5) is 0 Å². The summed E-state index contributed by atoms with van der Waals surface area (Å²) < 4.78 is 0.